The molecule has 0 saturated carbocycles. The molecule has 0 N–H and O–H groups in total. The lowest BCUT2D eigenvalue weighted by molar-refractivity contribution is -0.151. The summed E-state index contributed by atoms with van der Waals surface area (Å²) in [7, 11) is 1.53. The van der Waals surface area contributed by atoms with Gasteiger partial charge in [0.2, 0.25) is 5.91 Å². The molecular formula is C9H15NO3. The Hall–Kier alpha value is -1.32. The SMILES string of the molecule is C=CC(=O)N(C)C(C)C(=O)OCC. The third kappa shape index (κ3) is 3.27. The fourth-order valence-corrected chi connectivity index (χ4v) is 0.756. The van der Waals surface area contributed by atoms with E-state index in [-0.39, 0.29) is 5.91 Å². The summed E-state index contributed by atoms with van der Waals surface area (Å²) in [5, 5.41) is 0. The summed E-state index contributed by atoms with van der Waals surface area (Å²) in [6.07, 6.45) is 1.16. The Morgan fingerprint density at radius 1 is 1.62 bits per heavy atom. The molecule has 13 heavy (non-hydrogen) atoms. The minimum Gasteiger partial charge on any atom is -0.464 e. The zero-order chi connectivity index (χ0) is 10.4. The normalized spacial score (nSPS) is 11.6. The summed E-state index contributed by atoms with van der Waals surface area (Å²) in [4.78, 5) is 23.5. The van der Waals surface area contributed by atoms with Crippen LogP contribution in [0.3, 0.4) is 0 Å². The van der Waals surface area contributed by atoms with Crippen LogP contribution >= 0.6 is 0 Å². The van der Waals surface area contributed by atoms with E-state index in [0.29, 0.717) is 6.61 Å². The number of carbonyl (C=O) groups excluding carboxylic acids is 2. The number of hydrogen-bond acceptors (Lipinski definition) is 3. The molecule has 0 aliphatic carbocycles. The van der Waals surface area contributed by atoms with Gasteiger partial charge in [-0.05, 0) is 19.9 Å². The molecule has 0 aliphatic heterocycles. The van der Waals surface area contributed by atoms with Gasteiger partial charge in [-0.1, -0.05) is 6.58 Å². The summed E-state index contributed by atoms with van der Waals surface area (Å²) in [6.45, 7) is 6.98. The molecule has 4 nitrogen and oxygen atoms in total. The van der Waals surface area contributed by atoms with Crippen molar-refractivity contribution in [2.45, 2.75) is 19.9 Å². The average Bonchev–Trinajstić information content (AvgIpc) is 2.14. The van der Waals surface area contributed by atoms with Gasteiger partial charge in [0.25, 0.3) is 0 Å². The largest absolute Gasteiger partial charge is 0.464 e. The summed E-state index contributed by atoms with van der Waals surface area (Å²) < 4.78 is 4.75. The van der Waals surface area contributed by atoms with Crippen molar-refractivity contribution in [1.82, 2.24) is 4.90 Å². The smallest absolute Gasteiger partial charge is 0.328 e. The highest BCUT2D eigenvalue weighted by Gasteiger charge is 2.21. The number of rotatable bonds is 4. The van der Waals surface area contributed by atoms with Gasteiger partial charge in [-0.2, -0.15) is 0 Å². The highest BCUT2D eigenvalue weighted by Crippen LogP contribution is 1.99. The number of carbonyl (C=O) groups is 2. The van der Waals surface area contributed by atoms with E-state index in [4.69, 9.17) is 4.74 Å². The van der Waals surface area contributed by atoms with Gasteiger partial charge in [0, 0.05) is 7.05 Å². The monoisotopic (exact) mass is 185 g/mol. The summed E-state index contributed by atoms with van der Waals surface area (Å²) in [5.41, 5.74) is 0. The number of amides is 1. The van der Waals surface area contributed by atoms with Gasteiger partial charge in [-0.3, -0.25) is 4.79 Å². The van der Waals surface area contributed by atoms with E-state index >= 15 is 0 Å². The Morgan fingerprint density at radius 3 is 2.54 bits per heavy atom. The first kappa shape index (κ1) is 11.7. The summed E-state index contributed by atoms with van der Waals surface area (Å²) in [6, 6.07) is -0.564. The fourth-order valence-electron chi connectivity index (χ4n) is 0.756. The topological polar surface area (TPSA) is 46.6 Å². The standard InChI is InChI=1S/C9H15NO3/c1-5-8(11)10(4)7(3)9(12)13-6-2/h5,7H,1,6H2,2-4H3. The Morgan fingerprint density at radius 2 is 2.15 bits per heavy atom. The van der Waals surface area contributed by atoms with E-state index in [1.807, 2.05) is 0 Å². The molecule has 0 aromatic rings. The van der Waals surface area contributed by atoms with Crippen LogP contribution in [0.4, 0.5) is 0 Å². The minimum atomic E-state index is -0.564. The fraction of sp³-hybridized carbons (Fsp3) is 0.556. The Bertz CT molecular complexity index is 213. The zero-order valence-electron chi connectivity index (χ0n) is 8.24. The van der Waals surface area contributed by atoms with Crippen LogP contribution in [0.2, 0.25) is 0 Å². The van der Waals surface area contributed by atoms with Crippen LogP contribution in [-0.4, -0.2) is 36.5 Å². The van der Waals surface area contributed by atoms with Crippen LogP contribution in [0.5, 0.6) is 0 Å². The van der Waals surface area contributed by atoms with Crippen LogP contribution in [0.1, 0.15) is 13.8 Å². The molecule has 0 heterocycles. The van der Waals surface area contributed by atoms with Gasteiger partial charge in [0.05, 0.1) is 6.61 Å². The second-order valence-electron chi connectivity index (χ2n) is 2.58. The quantitative estimate of drug-likeness (QED) is 0.475. The molecule has 0 radical (unpaired) electrons. The minimum absolute atomic E-state index is 0.291. The Balaban J connectivity index is 4.23. The molecule has 1 amide bonds. The third-order valence-corrected chi connectivity index (χ3v) is 1.73. The molecule has 0 saturated heterocycles. The van der Waals surface area contributed by atoms with Crippen LogP contribution in [-0.2, 0) is 14.3 Å². The van der Waals surface area contributed by atoms with Gasteiger partial charge in [0.15, 0.2) is 0 Å². The maximum Gasteiger partial charge on any atom is 0.328 e. The zero-order valence-corrected chi connectivity index (χ0v) is 8.24. The predicted octanol–water partition coefficient (Wildman–Crippen LogP) is 0.582. The lowest BCUT2D eigenvalue weighted by atomic mass is 10.3. The second kappa shape index (κ2) is 5.35. The van der Waals surface area contributed by atoms with Crippen molar-refractivity contribution in [3.8, 4) is 0 Å². The van der Waals surface area contributed by atoms with E-state index in [2.05, 4.69) is 6.58 Å². The Labute approximate surface area is 78.2 Å². The number of likely N-dealkylation sites (N-methyl/N-ethyl adjacent to an activating group) is 1. The first-order chi connectivity index (χ1) is 6.04. The maximum atomic E-state index is 11.2. The molecular weight excluding hydrogens is 170 g/mol. The van der Waals surface area contributed by atoms with Crippen molar-refractivity contribution in [2.24, 2.45) is 0 Å². The van der Waals surface area contributed by atoms with E-state index in [1.165, 1.54) is 11.9 Å². The van der Waals surface area contributed by atoms with Crippen molar-refractivity contribution in [2.75, 3.05) is 13.7 Å². The molecule has 0 spiro atoms. The molecule has 0 aromatic carbocycles. The van der Waals surface area contributed by atoms with Crippen molar-refractivity contribution < 1.29 is 14.3 Å². The molecule has 0 fully saturated rings. The lowest BCUT2D eigenvalue weighted by Gasteiger charge is -2.21. The second-order valence-corrected chi connectivity index (χ2v) is 2.58. The molecule has 1 atom stereocenters. The summed E-state index contributed by atoms with van der Waals surface area (Å²) in [5.74, 6) is -0.694. The van der Waals surface area contributed by atoms with Crippen molar-refractivity contribution in [3.63, 3.8) is 0 Å². The van der Waals surface area contributed by atoms with Crippen LogP contribution in [0, 0.1) is 0 Å². The van der Waals surface area contributed by atoms with Crippen molar-refractivity contribution in [3.05, 3.63) is 12.7 Å². The molecule has 0 aromatic heterocycles. The van der Waals surface area contributed by atoms with E-state index in [0.717, 1.165) is 6.08 Å². The first-order valence-electron chi connectivity index (χ1n) is 4.10. The van der Waals surface area contributed by atoms with E-state index < -0.39 is 12.0 Å². The first-order valence-corrected chi connectivity index (χ1v) is 4.10. The molecule has 0 bridgehead atoms. The maximum absolute atomic E-state index is 11.2. The highest BCUT2D eigenvalue weighted by molar-refractivity contribution is 5.90. The average molecular weight is 185 g/mol. The van der Waals surface area contributed by atoms with E-state index in [9.17, 15) is 9.59 Å². The van der Waals surface area contributed by atoms with Crippen LogP contribution in [0.25, 0.3) is 0 Å². The molecule has 0 aliphatic rings. The molecule has 0 rings (SSSR count). The van der Waals surface area contributed by atoms with Crippen LogP contribution in [0.15, 0.2) is 12.7 Å². The van der Waals surface area contributed by atoms with Crippen molar-refractivity contribution >= 4 is 11.9 Å². The number of nitrogens with zero attached hydrogens (tertiary/aromatic N) is 1. The van der Waals surface area contributed by atoms with Gasteiger partial charge in [0.1, 0.15) is 6.04 Å². The highest BCUT2D eigenvalue weighted by atomic mass is 16.5. The summed E-state index contributed by atoms with van der Waals surface area (Å²) >= 11 is 0. The van der Waals surface area contributed by atoms with Crippen molar-refractivity contribution in [1.29, 1.82) is 0 Å². The Kier molecular flexibility index (Phi) is 4.80. The van der Waals surface area contributed by atoms with Gasteiger partial charge in [-0.15, -0.1) is 0 Å². The van der Waals surface area contributed by atoms with E-state index in [1.54, 1.807) is 13.8 Å². The predicted molar refractivity (Wildman–Crippen MR) is 49.1 cm³/mol. The van der Waals surface area contributed by atoms with Gasteiger partial charge < -0.3 is 9.64 Å². The lowest BCUT2D eigenvalue weighted by Crippen LogP contribution is -2.40. The number of esters is 1. The van der Waals surface area contributed by atoms with Crippen LogP contribution < -0.4 is 0 Å². The third-order valence-electron chi connectivity index (χ3n) is 1.73. The number of hydrogen-bond donors (Lipinski definition) is 0. The number of ether oxygens (including phenoxy) is 1. The van der Waals surface area contributed by atoms with Gasteiger partial charge in [-0.25, -0.2) is 4.79 Å². The molecule has 1 unspecified atom stereocenters. The van der Waals surface area contributed by atoms with Gasteiger partial charge >= 0.3 is 5.97 Å². The molecule has 4 heteroatoms. The molecule has 74 valence electrons.